The third-order valence-corrected chi connectivity index (χ3v) is 4.24. The van der Waals surface area contributed by atoms with Crippen molar-refractivity contribution in [3.63, 3.8) is 0 Å². The van der Waals surface area contributed by atoms with Gasteiger partial charge in [0.2, 0.25) is 0 Å². The van der Waals surface area contributed by atoms with Crippen molar-refractivity contribution in [1.82, 2.24) is 20.2 Å². The summed E-state index contributed by atoms with van der Waals surface area (Å²) in [5, 5.41) is 3.28. The molecule has 0 saturated carbocycles. The Morgan fingerprint density at radius 2 is 2.48 bits per heavy atom. The van der Waals surface area contributed by atoms with Crippen molar-refractivity contribution in [3.05, 3.63) is 27.9 Å². The summed E-state index contributed by atoms with van der Waals surface area (Å²) >= 11 is 0. The second kappa shape index (κ2) is 6.68. The van der Waals surface area contributed by atoms with E-state index in [0.29, 0.717) is 18.4 Å². The number of fused-ring (bicyclic) bond motifs is 1. The molecule has 116 valence electrons. The minimum atomic E-state index is -0.113. The van der Waals surface area contributed by atoms with E-state index in [0.717, 1.165) is 38.4 Å². The number of hydrogen-bond donors (Lipinski definition) is 2. The fraction of sp³-hybridized carbons (Fsp3) is 0.733. The van der Waals surface area contributed by atoms with Crippen LogP contribution in [-0.4, -0.2) is 47.2 Å². The quantitative estimate of drug-likeness (QED) is 0.786. The molecule has 0 aliphatic carbocycles. The van der Waals surface area contributed by atoms with Gasteiger partial charge in [0.05, 0.1) is 12.3 Å². The van der Waals surface area contributed by atoms with E-state index in [1.54, 1.807) is 6.07 Å². The van der Waals surface area contributed by atoms with E-state index >= 15 is 0 Å². The topological polar surface area (TPSA) is 70.2 Å². The lowest BCUT2D eigenvalue weighted by molar-refractivity contribution is -0.0543. The Bertz CT molecular complexity index is 531. The van der Waals surface area contributed by atoms with E-state index in [1.165, 1.54) is 12.8 Å². The Morgan fingerprint density at radius 1 is 1.57 bits per heavy atom. The summed E-state index contributed by atoms with van der Waals surface area (Å²) in [6, 6.07) is 2.12. The van der Waals surface area contributed by atoms with E-state index in [1.807, 2.05) is 0 Å². The number of ether oxygens (including phenoxy) is 1. The summed E-state index contributed by atoms with van der Waals surface area (Å²) in [5.41, 5.74) is 0.690. The summed E-state index contributed by atoms with van der Waals surface area (Å²) in [5.74, 6) is 0.668. The van der Waals surface area contributed by atoms with Crippen molar-refractivity contribution in [1.29, 1.82) is 0 Å². The fourth-order valence-corrected chi connectivity index (χ4v) is 3.15. The highest BCUT2D eigenvalue weighted by atomic mass is 16.5. The molecule has 2 saturated heterocycles. The monoisotopic (exact) mass is 292 g/mol. The largest absolute Gasteiger partial charge is 0.367 e. The molecule has 1 aromatic rings. The van der Waals surface area contributed by atoms with Gasteiger partial charge in [-0.05, 0) is 32.4 Å². The molecule has 1 aromatic heterocycles. The van der Waals surface area contributed by atoms with E-state index in [2.05, 4.69) is 27.1 Å². The Hall–Kier alpha value is -1.24. The van der Waals surface area contributed by atoms with Crippen molar-refractivity contribution in [2.75, 3.05) is 26.2 Å². The molecule has 21 heavy (non-hydrogen) atoms. The molecule has 0 radical (unpaired) electrons. The summed E-state index contributed by atoms with van der Waals surface area (Å²) in [6.07, 6.45) is 3.42. The lowest BCUT2D eigenvalue weighted by Crippen LogP contribution is -2.43. The van der Waals surface area contributed by atoms with Crippen molar-refractivity contribution in [2.45, 2.75) is 44.9 Å². The molecule has 2 aliphatic heterocycles. The molecule has 3 rings (SSSR count). The van der Waals surface area contributed by atoms with Crippen molar-refractivity contribution in [2.24, 2.45) is 0 Å². The maximum atomic E-state index is 11.8. The number of aromatic amines is 1. The van der Waals surface area contributed by atoms with Gasteiger partial charge >= 0.3 is 0 Å². The van der Waals surface area contributed by atoms with Crippen molar-refractivity contribution < 1.29 is 4.74 Å². The number of hydrogen-bond acceptors (Lipinski definition) is 5. The van der Waals surface area contributed by atoms with Gasteiger partial charge in [-0.3, -0.25) is 9.69 Å². The average molecular weight is 292 g/mol. The summed E-state index contributed by atoms with van der Waals surface area (Å²) in [4.78, 5) is 21.7. The minimum Gasteiger partial charge on any atom is -0.367 e. The van der Waals surface area contributed by atoms with E-state index in [9.17, 15) is 4.79 Å². The summed E-state index contributed by atoms with van der Waals surface area (Å²) < 4.78 is 5.92. The number of nitrogens with zero attached hydrogens (tertiary/aromatic N) is 2. The third-order valence-electron chi connectivity index (χ3n) is 4.24. The Balaban J connectivity index is 1.70. The molecule has 0 spiro atoms. The zero-order valence-corrected chi connectivity index (χ0v) is 12.6. The average Bonchev–Trinajstić information content (AvgIpc) is 2.94. The number of nitrogens with one attached hydrogen (secondary N) is 2. The smallest absolute Gasteiger partial charge is 0.251 e. The Kier molecular flexibility index (Phi) is 4.67. The summed E-state index contributed by atoms with van der Waals surface area (Å²) in [6.45, 7) is 6.38. The van der Waals surface area contributed by atoms with Gasteiger partial charge in [0.15, 0.2) is 0 Å². The molecule has 6 heteroatoms. The molecular weight excluding hydrogens is 268 g/mol. The molecule has 0 bridgehead atoms. The van der Waals surface area contributed by atoms with Gasteiger partial charge in [0, 0.05) is 25.2 Å². The van der Waals surface area contributed by atoms with Gasteiger partial charge in [0.1, 0.15) is 11.9 Å². The lowest BCUT2D eigenvalue weighted by Gasteiger charge is -2.34. The first kappa shape index (κ1) is 14.7. The molecule has 2 atom stereocenters. The van der Waals surface area contributed by atoms with Gasteiger partial charge in [-0.1, -0.05) is 6.92 Å². The van der Waals surface area contributed by atoms with Crippen LogP contribution in [0.2, 0.25) is 0 Å². The maximum absolute atomic E-state index is 11.8. The van der Waals surface area contributed by atoms with Crippen LogP contribution in [0, 0.1) is 0 Å². The lowest BCUT2D eigenvalue weighted by atomic mass is 10.2. The Morgan fingerprint density at radius 3 is 3.33 bits per heavy atom. The van der Waals surface area contributed by atoms with Crippen LogP contribution in [-0.2, 0) is 11.3 Å². The first-order chi connectivity index (χ1) is 10.3. The zero-order valence-electron chi connectivity index (χ0n) is 12.6. The van der Waals surface area contributed by atoms with Crippen LogP contribution in [0.1, 0.15) is 43.8 Å². The predicted octanol–water partition coefficient (Wildman–Crippen LogP) is 0.805. The minimum absolute atomic E-state index is 0.0968. The molecule has 0 aromatic carbocycles. The highest BCUT2D eigenvalue weighted by molar-refractivity contribution is 5.06. The maximum Gasteiger partial charge on any atom is 0.251 e. The third kappa shape index (κ3) is 3.51. The van der Waals surface area contributed by atoms with Gasteiger partial charge in [-0.2, -0.15) is 0 Å². The first-order valence-corrected chi connectivity index (χ1v) is 7.92. The van der Waals surface area contributed by atoms with Crippen molar-refractivity contribution >= 4 is 0 Å². The van der Waals surface area contributed by atoms with Gasteiger partial charge in [-0.25, -0.2) is 4.98 Å². The number of morpholine rings is 1. The standard InChI is InChI=1S/C15H24N4O2/c1-2-5-16-8-11-7-14(20)18-15(17-11)13-9-19-6-3-4-12(19)10-21-13/h7,12-13,16H,2-6,8-10H2,1H3,(H,17,18,20). The molecule has 2 unspecified atom stereocenters. The Labute approximate surface area is 124 Å². The first-order valence-electron chi connectivity index (χ1n) is 7.92. The zero-order chi connectivity index (χ0) is 14.7. The molecule has 2 aliphatic rings. The molecule has 3 heterocycles. The van der Waals surface area contributed by atoms with Gasteiger partial charge in [-0.15, -0.1) is 0 Å². The number of rotatable bonds is 5. The predicted molar refractivity (Wildman–Crippen MR) is 80.1 cm³/mol. The SMILES string of the molecule is CCCNCc1cc(=O)[nH]c(C2CN3CCCC3CO2)n1. The second-order valence-corrected chi connectivity index (χ2v) is 5.91. The van der Waals surface area contributed by atoms with Crippen LogP contribution < -0.4 is 10.9 Å². The highest BCUT2D eigenvalue weighted by Gasteiger charge is 2.33. The van der Waals surface area contributed by atoms with Gasteiger partial charge < -0.3 is 15.0 Å². The highest BCUT2D eigenvalue weighted by Crippen LogP contribution is 2.28. The van der Waals surface area contributed by atoms with Crippen LogP contribution >= 0.6 is 0 Å². The fourth-order valence-electron chi connectivity index (χ4n) is 3.15. The number of aromatic nitrogens is 2. The van der Waals surface area contributed by atoms with Crippen LogP contribution in [0.4, 0.5) is 0 Å². The molecule has 6 nitrogen and oxygen atoms in total. The van der Waals surface area contributed by atoms with Crippen LogP contribution in [0.5, 0.6) is 0 Å². The van der Waals surface area contributed by atoms with E-state index in [-0.39, 0.29) is 11.7 Å². The molecule has 2 N–H and O–H groups in total. The van der Waals surface area contributed by atoms with E-state index in [4.69, 9.17) is 4.74 Å². The molecule has 2 fully saturated rings. The molecule has 0 amide bonds. The van der Waals surface area contributed by atoms with Crippen LogP contribution in [0.25, 0.3) is 0 Å². The number of H-pyrrole nitrogens is 1. The van der Waals surface area contributed by atoms with Crippen LogP contribution in [0.3, 0.4) is 0 Å². The van der Waals surface area contributed by atoms with E-state index < -0.39 is 0 Å². The van der Waals surface area contributed by atoms with Crippen LogP contribution in [0.15, 0.2) is 10.9 Å². The van der Waals surface area contributed by atoms with Crippen molar-refractivity contribution in [3.8, 4) is 0 Å². The summed E-state index contributed by atoms with van der Waals surface area (Å²) in [7, 11) is 0. The molecular formula is C15H24N4O2. The van der Waals surface area contributed by atoms with Gasteiger partial charge in [0.25, 0.3) is 5.56 Å². The normalized spacial score (nSPS) is 26.0. The second-order valence-electron chi connectivity index (χ2n) is 5.91.